The van der Waals surface area contributed by atoms with Gasteiger partial charge in [-0.25, -0.2) is 4.79 Å². The predicted octanol–water partition coefficient (Wildman–Crippen LogP) is 2.18. The Labute approximate surface area is 126 Å². The molecule has 2 aromatic carbocycles. The molecule has 2 rings (SSSR count). The van der Waals surface area contributed by atoms with Crippen LogP contribution in [0.15, 0.2) is 42.5 Å². The Morgan fingerprint density at radius 1 is 1.18 bits per heavy atom. The number of ether oxygens (including phenoxy) is 1. The van der Waals surface area contributed by atoms with Crippen LogP contribution in [0.5, 0.6) is 11.5 Å². The number of aliphatic carboxylic acids is 1. The molecule has 0 spiro atoms. The van der Waals surface area contributed by atoms with Crippen molar-refractivity contribution in [2.24, 2.45) is 5.73 Å². The summed E-state index contributed by atoms with van der Waals surface area (Å²) in [5.74, 6) is -0.0536. The summed E-state index contributed by atoms with van der Waals surface area (Å²) in [5.41, 5.74) is 12.3. The lowest BCUT2D eigenvalue weighted by Crippen LogP contribution is -2.19. The molecule has 0 heterocycles. The predicted molar refractivity (Wildman–Crippen MR) is 81.9 cm³/mol. The molecule has 0 saturated heterocycles. The van der Waals surface area contributed by atoms with Gasteiger partial charge in [-0.05, 0) is 35.9 Å². The minimum absolute atomic E-state index is 0.0891. The van der Waals surface area contributed by atoms with E-state index in [4.69, 9.17) is 21.3 Å². The number of nitrogens with two attached hydrogens (primary N) is 2. The van der Waals surface area contributed by atoms with Crippen LogP contribution in [-0.2, 0) is 11.2 Å². The van der Waals surface area contributed by atoms with Crippen molar-refractivity contribution in [1.29, 1.82) is 0 Å². The van der Waals surface area contributed by atoms with Crippen LogP contribution in [0, 0.1) is 0 Å². The summed E-state index contributed by atoms with van der Waals surface area (Å²) in [5, 5.41) is 11.2. The van der Waals surface area contributed by atoms with Crippen LogP contribution in [-0.4, -0.2) is 17.1 Å². The van der Waals surface area contributed by atoms with Gasteiger partial charge in [0.25, 0.3) is 0 Å². The van der Waals surface area contributed by atoms with Gasteiger partial charge in [0.15, 0.2) is 0 Å². The molecule has 0 aliphatic heterocycles. The topological polar surface area (TPSA) is 128 Å². The Balaban J connectivity index is 2.16. The molecule has 0 atom stereocenters. The van der Waals surface area contributed by atoms with Gasteiger partial charge in [0.05, 0.1) is 12.1 Å². The van der Waals surface area contributed by atoms with Gasteiger partial charge in [0.2, 0.25) is 0 Å². The first-order chi connectivity index (χ1) is 10.4. The Hall–Kier alpha value is -3.22. The van der Waals surface area contributed by atoms with Crippen molar-refractivity contribution in [3.63, 3.8) is 0 Å². The van der Waals surface area contributed by atoms with Crippen LogP contribution in [0.3, 0.4) is 0 Å². The number of rotatable bonds is 5. The minimum Gasteiger partial charge on any atom is -0.481 e. The third-order valence-electron chi connectivity index (χ3n) is 2.76. The lowest BCUT2D eigenvalue weighted by atomic mass is 10.1. The molecule has 0 aliphatic carbocycles. The van der Waals surface area contributed by atoms with E-state index in [0.29, 0.717) is 28.4 Å². The Morgan fingerprint density at radius 3 is 2.59 bits per heavy atom. The van der Waals surface area contributed by atoms with E-state index >= 15 is 0 Å². The first kappa shape index (κ1) is 15.2. The van der Waals surface area contributed by atoms with E-state index in [1.54, 1.807) is 36.4 Å². The van der Waals surface area contributed by atoms with Crippen LogP contribution in [0.1, 0.15) is 5.56 Å². The van der Waals surface area contributed by atoms with Gasteiger partial charge in [0.1, 0.15) is 11.5 Å². The normalized spacial score (nSPS) is 10.0. The standard InChI is InChI=1S/C15H15N3O4/c16-12-8-10(18-15(17)21)4-5-13(12)22-11-3-1-2-9(6-11)7-14(19)20/h1-6,8H,7,16H2,(H,19,20)(H3,17,18,21). The highest BCUT2D eigenvalue weighted by molar-refractivity contribution is 5.88. The molecule has 0 aliphatic rings. The number of carboxylic acids is 1. The second-order valence-electron chi connectivity index (χ2n) is 4.56. The van der Waals surface area contributed by atoms with Gasteiger partial charge in [-0.1, -0.05) is 12.1 Å². The number of anilines is 2. The first-order valence-electron chi connectivity index (χ1n) is 6.38. The van der Waals surface area contributed by atoms with Crippen LogP contribution in [0.2, 0.25) is 0 Å². The highest BCUT2D eigenvalue weighted by Crippen LogP contribution is 2.30. The molecular formula is C15H15N3O4. The molecule has 7 nitrogen and oxygen atoms in total. The van der Waals surface area contributed by atoms with E-state index in [1.165, 1.54) is 6.07 Å². The van der Waals surface area contributed by atoms with Gasteiger partial charge < -0.3 is 26.6 Å². The summed E-state index contributed by atoms with van der Waals surface area (Å²) in [6.07, 6.45) is -0.0891. The number of primary amides is 1. The fourth-order valence-electron chi connectivity index (χ4n) is 1.88. The van der Waals surface area contributed by atoms with Gasteiger partial charge in [0, 0.05) is 5.69 Å². The second kappa shape index (κ2) is 6.49. The van der Waals surface area contributed by atoms with Gasteiger partial charge in [-0.2, -0.15) is 0 Å². The lowest BCUT2D eigenvalue weighted by molar-refractivity contribution is -0.136. The molecule has 22 heavy (non-hydrogen) atoms. The quantitative estimate of drug-likeness (QED) is 0.629. The molecule has 0 aromatic heterocycles. The van der Waals surface area contributed by atoms with E-state index in [-0.39, 0.29) is 6.42 Å². The van der Waals surface area contributed by atoms with Crippen molar-refractivity contribution in [2.45, 2.75) is 6.42 Å². The van der Waals surface area contributed by atoms with Crippen LogP contribution in [0.4, 0.5) is 16.2 Å². The van der Waals surface area contributed by atoms with Crippen molar-refractivity contribution >= 4 is 23.4 Å². The molecule has 2 amide bonds. The average Bonchev–Trinajstić information content (AvgIpc) is 2.41. The maximum atomic E-state index is 10.8. The van der Waals surface area contributed by atoms with Gasteiger partial charge >= 0.3 is 12.0 Å². The third kappa shape index (κ3) is 4.14. The van der Waals surface area contributed by atoms with Crippen molar-refractivity contribution in [3.8, 4) is 11.5 Å². The molecule has 0 fully saturated rings. The number of carbonyl (C=O) groups excluding carboxylic acids is 1. The maximum Gasteiger partial charge on any atom is 0.316 e. The van der Waals surface area contributed by atoms with Crippen molar-refractivity contribution in [2.75, 3.05) is 11.1 Å². The molecule has 7 heteroatoms. The zero-order valence-electron chi connectivity index (χ0n) is 11.6. The third-order valence-corrected chi connectivity index (χ3v) is 2.76. The highest BCUT2D eigenvalue weighted by Gasteiger charge is 2.07. The SMILES string of the molecule is NC(=O)Nc1ccc(Oc2cccc(CC(=O)O)c2)c(N)c1. The molecule has 0 radical (unpaired) electrons. The van der Waals surface area contributed by atoms with Crippen LogP contribution >= 0.6 is 0 Å². The number of amides is 2. The Kier molecular flexibility index (Phi) is 4.47. The minimum atomic E-state index is -0.918. The van der Waals surface area contributed by atoms with Crippen molar-refractivity contribution < 1.29 is 19.4 Å². The molecular weight excluding hydrogens is 286 g/mol. The number of carboxylic acid groups (broad SMARTS) is 1. The van der Waals surface area contributed by atoms with Crippen LogP contribution in [0.25, 0.3) is 0 Å². The molecule has 114 valence electrons. The summed E-state index contributed by atoms with van der Waals surface area (Å²) in [4.78, 5) is 21.5. The highest BCUT2D eigenvalue weighted by atomic mass is 16.5. The summed E-state index contributed by atoms with van der Waals surface area (Å²) in [6.45, 7) is 0. The Morgan fingerprint density at radius 2 is 1.95 bits per heavy atom. The number of hydrogen-bond donors (Lipinski definition) is 4. The van der Waals surface area contributed by atoms with Gasteiger partial charge in [-0.15, -0.1) is 0 Å². The number of nitrogen functional groups attached to an aromatic ring is 1. The number of carbonyl (C=O) groups is 2. The number of urea groups is 1. The Bertz CT molecular complexity index is 716. The summed E-state index contributed by atoms with van der Waals surface area (Å²) in [7, 11) is 0. The van der Waals surface area contributed by atoms with Crippen molar-refractivity contribution in [3.05, 3.63) is 48.0 Å². The number of benzene rings is 2. The number of nitrogens with one attached hydrogen (secondary N) is 1. The molecule has 6 N–H and O–H groups in total. The monoisotopic (exact) mass is 301 g/mol. The van der Waals surface area contributed by atoms with E-state index in [0.717, 1.165) is 0 Å². The van der Waals surface area contributed by atoms with Crippen molar-refractivity contribution in [1.82, 2.24) is 0 Å². The fraction of sp³-hybridized carbons (Fsp3) is 0.0667. The fourth-order valence-corrected chi connectivity index (χ4v) is 1.88. The van der Waals surface area contributed by atoms with E-state index in [1.807, 2.05) is 0 Å². The molecule has 0 unspecified atom stereocenters. The van der Waals surface area contributed by atoms with Crippen LogP contribution < -0.4 is 21.5 Å². The summed E-state index contributed by atoms with van der Waals surface area (Å²) < 4.78 is 5.63. The summed E-state index contributed by atoms with van der Waals surface area (Å²) >= 11 is 0. The largest absolute Gasteiger partial charge is 0.481 e. The van der Waals surface area contributed by atoms with E-state index < -0.39 is 12.0 Å². The second-order valence-corrected chi connectivity index (χ2v) is 4.56. The number of hydrogen-bond acceptors (Lipinski definition) is 4. The molecule has 2 aromatic rings. The smallest absolute Gasteiger partial charge is 0.316 e. The van der Waals surface area contributed by atoms with E-state index in [9.17, 15) is 9.59 Å². The molecule has 0 bridgehead atoms. The average molecular weight is 301 g/mol. The maximum absolute atomic E-state index is 10.8. The summed E-state index contributed by atoms with van der Waals surface area (Å²) in [6, 6.07) is 10.7. The first-order valence-corrected chi connectivity index (χ1v) is 6.38. The van der Waals surface area contributed by atoms with Gasteiger partial charge in [-0.3, -0.25) is 4.79 Å². The zero-order valence-corrected chi connectivity index (χ0v) is 11.6. The zero-order chi connectivity index (χ0) is 16.1. The lowest BCUT2D eigenvalue weighted by Gasteiger charge is -2.11. The van der Waals surface area contributed by atoms with E-state index in [2.05, 4.69) is 5.32 Å². The molecule has 0 saturated carbocycles.